The van der Waals surface area contributed by atoms with Crippen molar-refractivity contribution in [2.75, 3.05) is 6.61 Å². The maximum Gasteiger partial charge on any atom is 0.322 e. The van der Waals surface area contributed by atoms with E-state index >= 15 is 0 Å². The number of hydrogen-bond donors (Lipinski definition) is 1. The average molecular weight is 192 g/mol. The summed E-state index contributed by atoms with van der Waals surface area (Å²) in [7, 11) is 0. The molecular weight excluding hydrogens is 178 g/mol. The Balaban J connectivity index is 0. The zero-order valence-corrected chi connectivity index (χ0v) is 7.89. The van der Waals surface area contributed by atoms with Gasteiger partial charge in [0.2, 0.25) is 0 Å². The van der Waals surface area contributed by atoms with Gasteiger partial charge in [0.15, 0.2) is 0 Å². The van der Waals surface area contributed by atoms with Gasteiger partial charge in [0.05, 0.1) is 6.61 Å². The fourth-order valence-electron chi connectivity index (χ4n) is 0.478. The highest BCUT2D eigenvalue weighted by atomic mass is 35.5. The van der Waals surface area contributed by atoms with Crippen molar-refractivity contribution in [1.82, 2.24) is 0 Å². The third-order valence-corrected chi connectivity index (χ3v) is 1.08. The number of hydrogen-bond acceptors (Lipinski definition) is 3. The first-order valence-corrected chi connectivity index (χ1v) is 3.54. The van der Waals surface area contributed by atoms with E-state index in [0.29, 0.717) is 19.4 Å². The normalized spacial score (nSPS) is 10.8. The van der Waals surface area contributed by atoms with Crippen molar-refractivity contribution in [3.05, 3.63) is 0 Å². The molecule has 4 heteroatoms. The Morgan fingerprint density at radius 1 is 1.75 bits per heavy atom. The van der Waals surface area contributed by atoms with E-state index in [1.54, 1.807) is 6.92 Å². The number of carbonyl (C=O) groups is 1. The third-order valence-electron chi connectivity index (χ3n) is 1.08. The summed E-state index contributed by atoms with van der Waals surface area (Å²) in [6, 6.07) is -0.541. The van der Waals surface area contributed by atoms with Crippen molar-refractivity contribution in [3.63, 3.8) is 0 Å². The first kappa shape index (κ1) is 13.8. The van der Waals surface area contributed by atoms with Gasteiger partial charge in [-0.25, -0.2) is 0 Å². The van der Waals surface area contributed by atoms with Crippen molar-refractivity contribution in [1.29, 1.82) is 0 Å². The van der Waals surface area contributed by atoms with Crippen LogP contribution in [0.4, 0.5) is 0 Å². The molecule has 0 saturated heterocycles. The molecule has 0 bridgehead atoms. The van der Waals surface area contributed by atoms with E-state index in [1.807, 2.05) is 0 Å². The monoisotopic (exact) mass is 191 g/mol. The van der Waals surface area contributed by atoms with Crippen LogP contribution in [0, 0.1) is 12.3 Å². The molecule has 0 fully saturated rings. The number of ether oxygens (including phenoxy) is 1. The van der Waals surface area contributed by atoms with E-state index in [-0.39, 0.29) is 18.4 Å². The predicted octanol–water partition coefficient (Wildman–Crippen LogP) is 0.712. The van der Waals surface area contributed by atoms with Gasteiger partial charge in [0.1, 0.15) is 6.04 Å². The second kappa shape index (κ2) is 8.38. The highest BCUT2D eigenvalue weighted by Gasteiger charge is 2.06. The molecule has 0 aromatic rings. The average Bonchev–Trinajstić information content (AvgIpc) is 1.97. The van der Waals surface area contributed by atoms with Gasteiger partial charge in [-0.05, 0) is 13.3 Å². The Morgan fingerprint density at radius 3 is 2.75 bits per heavy atom. The number of rotatable bonds is 4. The van der Waals surface area contributed by atoms with Crippen molar-refractivity contribution in [2.24, 2.45) is 5.73 Å². The number of terminal acetylenes is 1. The summed E-state index contributed by atoms with van der Waals surface area (Å²) in [6.07, 6.45) is 6.32. The van der Waals surface area contributed by atoms with Gasteiger partial charge in [-0.3, -0.25) is 4.79 Å². The van der Waals surface area contributed by atoms with Gasteiger partial charge < -0.3 is 10.5 Å². The first-order valence-electron chi connectivity index (χ1n) is 3.54. The quantitative estimate of drug-likeness (QED) is 0.405. The SMILES string of the molecule is C#CCCCOC(=O)C(C)N.Cl. The Bertz CT molecular complexity index is 163. The zero-order valence-electron chi connectivity index (χ0n) is 7.08. The van der Waals surface area contributed by atoms with E-state index in [1.165, 1.54) is 0 Å². The van der Waals surface area contributed by atoms with Crippen LogP contribution in [0.15, 0.2) is 0 Å². The molecule has 1 atom stereocenters. The molecule has 70 valence electrons. The number of unbranched alkanes of at least 4 members (excludes halogenated alkanes) is 1. The second-order valence-electron chi connectivity index (χ2n) is 2.26. The van der Waals surface area contributed by atoms with Gasteiger partial charge in [0, 0.05) is 6.42 Å². The van der Waals surface area contributed by atoms with Crippen molar-refractivity contribution in [3.8, 4) is 12.3 Å². The maximum atomic E-state index is 10.7. The zero-order chi connectivity index (χ0) is 8.69. The molecule has 0 aromatic carbocycles. The molecule has 0 aliphatic heterocycles. The van der Waals surface area contributed by atoms with Crippen LogP contribution >= 0.6 is 12.4 Å². The third kappa shape index (κ3) is 7.39. The van der Waals surface area contributed by atoms with Crippen molar-refractivity contribution < 1.29 is 9.53 Å². The number of nitrogens with two attached hydrogens (primary N) is 1. The molecule has 0 spiro atoms. The second-order valence-corrected chi connectivity index (χ2v) is 2.26. The number of halogens is 1. The van der Waals surface area contributed by atoms with Gasteiger partial charge in [-0.15, -0.1) is 24.8 Å². The van der Waals surface area contributed by atoms with Crippen LogP contribution in [0.2, 0.25) is 0 Å². The highest BCUT2D eigenvalue weighted by molar-refractivity contribution is 5.85. The largest absolute Gasteiger partial charge is 0.465 e. The predicted molar refractivity (Wildman–Crippen MR) is 49.9 cm³/mol. The fraction of sp³-hybridized carbons (Fsp3) is 0.625. The number of carbonyl (C=O) groups excluding carboxylic acids is 1. The van der Waals surface area contributed by atoms with Crippen LogP contribution in [0.1, 0.15) is 19.8 Å². The molecule has 0 aliphatic rings. The summed E-state index contributed by atoms with van der Waals surface area (Å²) >= 11 is 0. The topological polar surface area (TPSA) is 52.3 Å². The lowest BCUT2D eigenvalue weighted by Crippen LogP contribution is -2.28. The number of esters is 1. The van der Waals surface area contributed by atoms with E-state index < -0.39 is 6.04 Å². The van der Waals surface area contributed by atoms with E-state index in [2.05, 4.69) is 5.92 Å². The van der Waals surface area contributed by atoms with Crippen LogP contribution in [-0.2, 0) is 9.53 Å². The van der Waals surface area contributed by atoms with Crippen molar-refractivity contribution in [2.45, 2.75) is 25.8 Å². The van der Waals surface area contributed by atoms with Crippen LogP contribution < -0.4 is 5.73 Å². The molecule has 0 heterocycles. The minimum Gasteiger partial charge on any atom is -0.465 e. The summed E-state index contributed by atoms with van der Waals surface area (Å²) < 4.78 is 4.75. The Kier molecular flexibility index (Phi) is 9.66. The van der Waals surface area contributed by atoms with E-state index in [0.717, 1.165) is 0 Å². The minimum atomic E-state index is -0.541. The smallest absolute Gasteiger partial charge is 0.322 e. The molecule has 0 rings (SSSR count). The molecule has 0 saturated carbocycles. The molecular formula is C8H14ClNO2. The Hall–Kier alpha value is -0.720. The van der Waals surface area contributed by atoms with Crippen LogP contribution in [0.3, 0.4) is 0 Å². The Morgan fingerprint density at radius 2 is 2.33 bits per heavy atom. The summed E-state index contributed by atoms with van der Waals surface area (Å²) in [5, 5.41) is 0. The molecule has 0 radical (unpaired) electrons. The summed E-state index contributed by atoms with van der Waals surface area (Å²) in [5.74, 6) is 2.07. The highest BCUT2D eigenvalue weighted by Crippen LogP contribution is 1.90. The van der Waals surface area contributed by atoms with Gasteiger partial charge in [-0.1, -0.05) is 0 Å². The van der Waals surface area contributed by atoms with Gasteiger partial charge in [-0.2, -0.15) is 0 Å². The molecule has 12 heavy (non-hydrogen) atoms. The molecule has 0 aliphatic carbocycles. The minimum absolute atomic E-state index is 0. The van der Waals surface area contributed by atoms with E-state index in [9.17, 15) is 4.79 Å². The maximum absolute atomic E-state index is 10.7. The summed E-state index contributed by atoms with van der Waals surface area (Å²) in [4.78, 5) is 10.7. The Labute approximate surface area is 79.1 Å². The first-order chi connectivity index (χ1) is 5.18. The van der Waals surface area contributed by atoms with Gasteiger partial charge >= 0.3 is 5.97 Å². The molecule has 0 aromatic heterocycles. The molecule has 2 N–H and O–H groups in total. The van der Waals surface area contributed by atoms with Crippen LogP contribution in [-0.4, -0.2) is 18.6 Å². The molecule has 3 nitrogen and oxygen atoms in total. The van der Waals surface area contributed by atoms with Crippen molar-refractivity contribution >= 4 is 18.4 Å². The van der Waals surface area contributed by atoms with Gasteiger partial charge in [0.25, 0.3) is 0 Å². The summed E-state index contributed by atoms with van der Waals surface area (Å²) in [5.41, 5.74) is 5.24. The summed E-state index contributed by atoms with van der Waals surface area (Å²) in [6.45, 7) is 1.95. The lowest BCUT2D eigenvalue weighted by atomic mass is 10.3. The standard InChI is InChI=1S/C8H13NO2.ClH/c1-3-4-5-6-11-8(10)7(2)9;/h1,7H,4-6,9H2,2H3;1H. The van der Waals surface area contributed by atoms with Crippen LogP contribution in [0.25, 0.3) is 0 Å². The lowest BCUT2D eigenvalue weighted by molar-refractivity contribution is -0.144. The molecule has 0 amide bonds. The lowest BCUT2D eigenvalue weighted by Gasteiger charge is -2.04. The van der Waals surface area contributed by atoms with Crippen LogP contribution in [0.5, 0.6) is 0 Å². The van der Waals surface area contributed by atoms with E-state index in [4.69, 9.17) is 16.9 Å². The fourth-order valence-corrected chi connectivity index (χ4v) is 0.478. The molecule has 1 unspecified atom stereocenters.